The van der Waals surface area contributed by atoms with Crippen LogP contribution < -0.4 is 15.5 Å². The van der Waals surface area contributed by atoms with Crippen LogP contribution in [-0.4, -0.2) is 25.5 Å². The van der Waals surface area contributed by atoms with Crippen LogP contribution in [0.4, 0.5) is 16.2 Å². The molecule has 2 aromatic rings. The van der Waals surface area contributed by atoms with Crippen LogP contribution >= 0.6 is 0 Å². The molecule has 0 unspecified atom stereocenters. The molecule has 5 heteroatoms. The van der Waals surface area contributed by atoms with Crippen molar-refractivity contribution in [2.75, 3.05) is 23.8 Å². The molecule has 0 spiro atoms. The van der Waals surface area contributed by atoms with Gasteiger partial charge in [0.1, 0.15) is 0 Å². The molecule has 0 aliphatic carbocycles. The molecular formula is C21H27N3O2. The molecule has 3 amide bonds. The second-order valence-electron chi connectivity index (χ2n) is 6.25. The zero-order valence-corrected chi connectivity index (χ0v) is 15.5. The average Bonchev–Trinajstić information content (AvgIpc) is 2.67. The molecule has 0 heterocycles. The molecule has 0 fully saturated rings. The monoisotopic (exact) mass is 353 g/mol. The van der Waals surface area contributed by atoms with E-state index in [4.69, 9.17) is 0 Å². The second kappa shape index (κ2) is 10.2. The molecule has 0 bridgehead atoms. The van der Waals surface area contributed by atoms with Gasteiger partial charge in [0.25, 0.3) is 0 Å². The summed E-state index contributed by atoms with van der Waals surface area (Å²) < 4.78 is 0. The van der Waals surface area contributed by atoms with Gasteiger partial charge < -0.3 is 15.5 Å². The van der Waals surface area contributed by atoms with E-state index < -0.39 is 0 Å². The molecule has 0 radical (unpaired) electrons. The molecule has 0 saturated heterocycles. The number of carbonyl (C=O) groups is 2. The van der Waals surface area contributed by atoms with E-state index >= 15 is 0 Å². The van der Waals surface area contributed by atoms with Gasteiger partial charge in [-0.15, -0.1) is 0 Å². The Bertz CT molecular complexity index is 699. The number of anilines is 2. The lowest BCUT2D eigenvalue weighted by Crippen LogP contribution is -2.29. The topological polar surface area (TPSA) is 61.4 Å². The quantitative estimate of drug-likeness (QED) is 0.699. The molecular weight excluding hydrogens is 326 g/mol. The summed E-state index contributed by atoms with van der Waals surface area (Å²) in [7, 11) is 1.77. The molecule has 2 rings (SSSR count). The number of hydrogen-bond acceptors (Lipinski definition) is 2. The maximum atomic E-state index is 12.4. The van der Waals surface area contributed by atoms with Crippen LogP contribution in [0.2, 0.25) is 0 Å². The van der Waals surface area contributed by atoms with Gasteiger partial charge >= 0.3 is 6.03 Å². The van der Waals surface area contributed by atoms with E-state index in [9.17, 15) is 9.59 Å². The Morgan fingerprint density at radius 3 is 2.31 bits per heavy atom. The maximum Gasteiger partial charge on any atom is 0.319 e. The highest BCUT2D eigenvalue weighted by Gasteiger charge is 2.11. The van der Waals surface area contributed by atoms with Crippen LogP contribution in [0.5, 0.6) is 0 Å². The Hall–Kier alpha value is -2.82. The number of hydrogen-bond donors (Lipinski definition) is 2. The SMILES string of the molecule is CCCCCNC(=O)Nc1ccc(CC(=O)N(C)c2ccccc2)cc1. The van der Waals surface area contributed by atoms with Gasteiger partial charge in [0.05, 0.1) is 6.42 Å². The molecule has 5 nitrogen and oxygen atoms in total. The van der Waals surface area contributed by atoms with Crippen molar-refractivity contribution in [1.29, 1.82) is 0 Å². The number of rotatable bonds is 8. The van der Waals surface area contributed by atoms with Gasteiger partial charge in [0, 0.05) is 25.0 Å². The lowest BCUT2D eigenvalue weighted by molar-refractivity contribution is -0.117. The summed E-state index contributed by atoms with van der Waals surface area (Å²) in [6.45, 7) is 2.81. The molecule has 0 aliphatic heterocycles. The molecule has 0 aliphatic rings. The first-order valence-electron chi connectivity index (χ1n) is 9.05. The zero-order chi connectivity index (χ0) is 18.8. The minimum absolute atomic E-state index is 0.0191. The predicted octanol–water partition coefficient (Wildman–Crippen LogP) is 4.20. The van der Waals surface area contributed by atoms with E-state index in [-0.39, 0.29) is 11.9 Å². The molecule has 0 saturated carbocycles. The summed E-state index contributed by atoms with van der Waals surface area (Å²) in [6, 6.07) is 16.7. The number of nitrogens with zero attached hydrogens (tertiary/aromatic N) is 1. The van der Waals surface area contributed by atoms with Gasteiger partial charge in [0.15, 0.2) is 0 Å². The van der Waals surface area contributed by atoms with Crippen LogP contribution in [0.1, 0.15) is 31.7 Å². The number of nitrogens with one attached hydrogen (secondary N) is 2. The van der Waals surface area contributed by atoms with E-state index in [1.165, 1.54) is 0 Å². The van der Waals surface area contributed by atoms with Gasteiger partial charge in [0.2, 0.25) is 5.91 Å². The molecule has 0 atom stereocenters. The first kappa shape index (κ1) is 19.5. The third-order valence-corrected chi connectivity index (χ3v) is 4.15. The van der Waals surface area contributed by atoms with E-state index in [2.05, 4.69) is 17.6 Å². The molecule has 2 aromatic carbocycles. The van der Waals surface area contributed by atoms with Crippen molar-refractivity contribution in [1.82, 2.24) is 5.32 Å². The second-order valence-corrected chi connectivity index (χ2v) is 6.25. The highest BCUT2D eigenvalue weighted by Crippen LogP contribution is 2.15. The summed E-state index contributed by atoms with van der Waals surface area (Å²) in [5.74, 6) is 0.0191. The number of amides is 3. The van der Waals surface area contributed by atoms with Crippen LogP contribution in [0.3, 0.4) is 0 Å². The fourth-order valence-corrected chi connectivity index (χ4v) is 2.55. The number of unbranched alkanes of at least 4 members (excludes halogenated alkanes) is 2. The van der Waals surface area contributed by atoms with Crippen molar-refractivity contribution in [3.63, 3.8) is 0 Å². The fourth-order valence-electron chi connectivity index (χ4n) is 2.55. The van der Waals surface area contributed by atoms with Gasteiger partial charge in [-0.05, 0) is 36.2 Å². The Morgan fingerprint density at radius 2 is 1.65 bits per heavy atom. The summed E-state index contributed by atoms with van der Waals surface area (Å²) in [5, 5.41) is 5.64. The standard InChI is InChI=1S/C21H27N3O2/c1-3-4-8-15-22-21(26)23-18-13-11-17(12-14-18)16-20(25)24(2)19-9-6-5-7-10-19/h5-7,9-14H,3-4,8,15-16H2,1-2H3,(H2,22,23,26). The van der Waals surface area contributed by atoms with Gasteiger partial charge in [-0.1, -0.05) is 50.1 Å². The minimum atomic E-state index is -0.200. The molecule has 138 valence electrons. The fraction of sp³-hybridized carbons (Fsp3) is 0.333. The number of likely N-dealkylation sites (N-methyl/N-ethyl adjacent to an activating group) is 1. The highest BCUT2D eigenvalue weighted by atomic mass is 16.2. The smallest absolute Gasteiger partial charge is 0.319 e. The van der Waals surface area contributed by atoms with Crippen molar-refractivity contribution in [2.24, 2.45) is 0 Å². The lowest BCUT2D eigenvalue weighted by atomic mass is 10.1. The van der Waals surface area contributed by atoms with Crippen LogP contribution in [0.15, 0.2) is 54.6 Å². The molecule has 26 heavy (non-hydrogen) atoms. The summed E-state index contributed by atoms with van der Waals surface area (Å²) in [5.41, 5.74) is 2.49. The van der Waals surface area contributed by atoms with Gasteiger partial charge in [-0.3, -0.25) is 4.79 Å². The Balaban J connectivity index is 1.83. The van der Waals surface area contributed by atoms with Gasteiger partial charge in [-0.25, -0.2) is 4.79 Å². The Kier molecular flexibility index (Phi) is 7.68. The first-order chi connectivity index (χ1) is 12.6. The van der Waals surface area contributed by atoms with E-state index in [0.717, 1.165) is 30.5 Å². The van der Waals surface area contributed by atoms with Crippen LogP contribution in [-0.2, 0) is 11.2 Å². The predicted molar refractivity (Wildman–Crippen MR) is 107 cm³/mol. The van der Waals surface area contributed by atoms with E-state index in [0.29, 0.717) is 18.7 Å². The third-order valence-electron chi connectivity index (χ3n) is 4.15. The van der Waals surface area contributed by atoms with E-state index in [1.807, 2.05) is 54.6 Å². The Morgan fingerprint density at radius 1 is 0.962 bits per heavy atom. The minimum Gasteiger partial charge on any atom is -0.338 e. The van der Waals surface area contributed by atoms with E-state index in [1.54, 1.807) is 11.9 Å². The highest BCUT2D eigenvalue weighted by molar-refractivity contribution is 5.94. The van der Waals surface area contributed by atoms with Crippen LogP contribution in [0.25, 0.3) is 0 Å². The van der Waals surface area contributed by atoms with Crippen molar-refractivity contribution in [3.05, 3.63) is 60.2 Å². The number of para-hydroxylation sites is 1. The zero-order valence-electron chi connectivity index (χ0n) is 15.5. The summed E-state index contributed by atoms with van der Waals surface area (Å²) >= 11 is 0. The number of urea groups is 1. The average molecular weight is 353 g/mol. The van der Waals surface area contributed by atoms with Crippen molar-refractivity contribution in [3.8, 4) is 0 Å². The third kappa shape index (κ3) is 6.24. The maximum absolute atomic E-state index is 12.4. The molecule has 2 N–H and O–H groups in total. The summed E-state index contributed by atoms with van der Waals surface area (Å²) in [4.78, 5) is 25.8. The summed E-state index contributed by atoms with van der Waals surface area (Å²) in [6.07, 6.45) is 3.54. The van der Waals surface area contributed by atoms with Crippen LogP contribution in [0, 0.1) is 0 Å². The van der Waals surface area contributed by atoms with Gasteiger partial charge in [-0.2, -0.15) is 0 Å². The molecule has 0 aromatic heterocycles. The first-order valence-corrected chi connectivity index (χ1v) is 9.05. The van der Waals surface area contributed by atoms with Crippen molar-refractivity contribution in [2.45, 2.75) is 32.6 Å². The van der Waals surface area contributed by atoms with Crippen molar-refractivity contribution >= 4 is 23.3 Å². The number of benzene rings is 2. The largest absolute Gasteiger partial charge is 0.338 e. The number of carbonyl (C=O) groups excluding carboxylic acids is 2. The van der Waals surface area contributed by atoms with Crippen molar-refractivity contribution < 1.29 is 9.59 Å². The Labute approximate surface area is 155 Å². The normalized spacial score (nSPS) is 10.2. The lowest BCUT2D eigenvalue weighted by Gasteiger charge is -2.17.